The third-order valence-corrected chi connectivity index (χ3v) is 4.53. The topological polar surface area (TPSA) is 15.3 Å². The molecule has 0 aromatic heterocycles. The summed E-state index contributed by atoms with van der Waals surface area (Å²) in [6.07, 6.45) is 12.7. The maximum absolute atomic E-state index is 3.84. The van der Waals surface area contributed by atoms with E-state index in [4.69, 9.17) is 0 Å². The van der Waals surface area contributed by atoms with Gasteiger partial charge in [-0.3, -0.25) is 4.90 Å². The highest BCUT2D eigenvalue weighted by Crippen LogP contribution is 2.31. The molecular formula is C15H28N2. The highest BCUT2D eigenvalue weighted by Gasteiger charge is 2.38. The summed E-state index contributed by atoms with van der Waals surface area (Å²) in [5.74, 6) is 0. The molecule has 0 aromatic rings. The fraction of sp³-hybridized carbons (Fsp3) is 0.867. The zero-order valence-corrected chi connectivity index (χ0v) is 11.5. The predicted octanol–water partition coefficient (Wildman–Crippen LogP) is 2.95. The Morgan fingerprint density at radius 2 is 2.06 bits per heavy atom. The molecule has 2 rings (SSSR count). The molecule has 1 saturated heterocycles. The Balaban J connectivity index is 1.90. The van der Waals surface area contributed by atoms with E-state index in [2.05, 4.69) is 36.2 Å². The molecule has 0 radical (unpaired) electrons. The second-order valence-corrected chi connectivity index (χ2v) is 5.90. The molecule has 17 heavy (non-hydrogen) atoms. The molecular weight excluding hydrogens is 208 g/mol. The first-order chi connectivity index (χ1) is 8.26. The van der Waals surface area contributed by atoms with Crippen LogP contribution in [0.1, 0.15) is 52.4 Å². The molecule has 1 aliphatic heterocycles. The van der Waals surface area contributed by atoms with Crippen LogP contribution in [0.5, 0.6) is 0 Å². The van der Waals surface area contributed by atoms with Crippen LogP contribution in [0.2, 0.25) is 0 Å². The van der Waals surface area contributed by atoms with E-state index in [1.165, 1.54) is 58.2 Å². The Hall–Kier alpha value is -0.340. The third-order valence-electron chi connectivity index (χ3n) is 4.53. The number of rotatable bonds is 3. The van der Waals surface area contributed by atoms with Crippen molar-refractivity contribution >= 4 is 0 Å². The van der Waals surface area contributed by atoms with Crippen molar-refractivity contribution in [3.05, 3.63) is 12.2 Å². The zero-order valence-electron chi connectivity index (χ0n) is 11.5. The van der Waals surface area contributed by atoms with E-state index in [1.54, 1.807) is 0 Å². The monoisotopic (exact) mass is 236 g/mol. The molecule has 1 heterocycles. The van der Waals surface area contributed by atoms with Crippen LogP contribution < -0.4 is 5.32 Å². The first-order valence-corrected chi connectivity index (χ1v) is 7.36. The van der Waals surface area contributed by atoms with Gasteiger partial charge in [0.05, 0.1) is 0 Å². The SMILES string of the molecule is C/C=C/CCN1CC2(CCCCC2)NCC1C. The van der Waals surface area contributed by atoms with E-state index < -0.39 is 0 Å². The zero-order chi connectivity index (χ0) is 12.1. The van der Waals surface area contributed by atoms with Gasteiger partial charge >= 0.3 is 0 Å². The Bertz CT molecular complexity index is 254. The van der Waals surface area contributed by atoms with E-state index in [0.29, 0.717) is 11.6 Å². The van der Waals surface area contributed by atoms with E-state index in [9.17, 15) is 0 Å². The summed E-state index contributed by atoms with van der Waals surface area (Å²) < 4.78 is 0. The van der Waals surface area contributed by atoms with Gasteiger partial charge < -0.3 is 5.32 Å². The predicted molar refractivity (Wildman–Crippen MR) is 74.3 cm³/mol. The number of nitrogens with one attached hydrogen (secondary N) is 1. The van der Waals surface area contributed by atoms with Crippen molar-refractivity contribution in [1.29, 1.82) is 0 Å². The number of piperazine rings is 1. The lowest BCUT2D eigenvalue weighted by Gasteiger charge is -2.49. The van der Waals surface area contributed by atoms with Gasteiger partial charge in [0, 0.05) is 31.2 Å². The maximum Gasteiger partial charge on any atom is 0.0309 e. The maximum atomic E-state index is 3.84. The summed E-state index contributed by atoms with van der Waals surface area (Å²) in [6, 6.07) is 0.702. The third kappa shape index (κ3) is 3.32. The molecule has 1 unspecified atom stereocenters. The van der Waals surface area contributed by atoms with Crippen LogP contribution in [0.25, 0.3) is 0 Å². The lowest BCUT2D eigenvalue weighted by molar-refractivity contribution is 0.0642. The van der Waals surface area contributed by atoms with Gasteiger partial charge in [-0.1, -0.05) is 31.4 Å². The number of allylic oxidation sites excluding steroid dienone is 1. The van der Waals surface area contributed by atoms with Crippen LogP contribution in [-0.4, -0.2) is 36.1 Å². The highest BCUT2D eigenvalue weighted by molar-refractivity contribution is 4.99. The van der Waals surface area contributed by atoms with E-state index in [1.807, 2.05) is 0 Å². The first-order valence-electron chi connectivity index (χ1n) is 7.36. The van der Waals surface area contributed by atoms with Gasteiger partial charge in [0.15, 0.2) is 0 Å². The van der Waals surface area contributed by atoms with Crippen LogP contribution in [0.15, 0.2) is 12.2 Å². The molecule has 1 N–H and O–H groups in total. The quantitative estimate of drug-likeness (QED) is 0.758. The summed E-state index contributed by atoms with van der Waals surface area (Å²) in [6.45, 7) is 8.15. The smallest absolute Gasteiger partial charge is 0.0309 e. The fourth-order valence-electron chi connectivity index (χ4n) is 3.36. The lowest BCUT2D eigenvalue weighted by Crippen LogP contribution is -2.64. The van der Waals surface area contributed by atoms with Crippen molar-refractivity contribution in [1.82, 2.24) is 10.2 Å². The van der Waals surface area contributed by atoms with Crippen LogP contribution in [0, 0.1) is 0 Å². The van der Waals surface area contributed by atoms with Gasteiger partial charge in [-0.05, 0) is 33.1 Å². The van der Waals surface area contributed by atoms with Crippen molar-refractivity contribution in [3.8, 4) is 0 Å². The normalized spacial score (nSPS) is 30.1. The molecule has 1 spiro atoms. The standard InChI is InChI=1S/C15H28N2/c1-3-4-8-11-17-13-15(16-12-14(17)2)9-6-5-7-10-15/h3-4,14,16H,5-13H2,1-2H3/b4-3+. The first kappa shape index (κ1) is 13.1. The Morgan fingerprint density at radius 3 is 2.76 bits per heavy atom. The molecule has 2 heteroatoms. The van der Waals surface area contributed by atoms with Gasteiger partial charge in [-0.15, -0.1) is 0 Å². The summed E-state index contributed by atoms with van der Waals surface area (Å²) in [7, 11) is 0. The van der Waals surface area contributed by atoms with Crippen LogP contribution in [0.3, 0.4) is 0 Å². The minimum Gasteiger partial charge on any atom is -0.308 e. The second-order valence-electron chi connectivity index (χ2n) is 5.90. The van der Waals surface area contributed by atoms with E-state index in [-0.39, 0.29) is 0 Å². The lowest BCUT2D eigenvalue weighted by atomic mass is 9.79. The minimum atomic E-state index is 0.459. The van der Waals surface area contributed by atoms with Gasteiger partial charge in [-0.2, -0.15) is 0 Å². The van der Waals surface area contributed by atoms with Gasteiger partial charge in [0.25, 0.3) is 0 Å². The molecule has 1 saturated carbocycles. The fourth-order valence-corrected chi connectivity index (χ4v) is 3.36. The van der Waals surface area contributed by atoms with Crippen molar-refractivity contribution in [3.63, 3.8) is 0 Å². The summed E-state index contributed by atoms with van der Waals surface area (Å²) in [4.78, 5) is 2.70. The molecule has 1 atom stereocenters. The highest BCUT2D eigenvalue weighted by atomic mass is 15.2. The minimum absolute atomic E-state index is 0.459. The van der Waals surface area contributed by atoms with Gasteiger partial charge in [0.1, 0.15) is 0 Å². The molecule has 2 nitrogen and oxygen atoms in total. The number of hydrogen-bond acceptors (Lipinski definition) is 2. The average Bonchev–Trinajstić information content (AvgIpc) is 2.35. The Labute approximate surface area is 106 Å². The van der Waals surface area contributed by atoms with Crippen molar-refractivity contribution in [2.75, 3.05) is 19.6 Å². The van der Waals surface area contributed by atoms with Crippen LogP contribution in [-0.2, 0) is 0 Å². The average molecular weight is 236 g/mol. The van der Waals surface area contributed by atoms with Crippen LogP contribution >= 0.6 is 0 Å². The van der Waals surface area contributed by atoms with Crippen molar-refractivity contribution in [2.45, 2.75) is 64.0 Å². The van der Waals surface area contributed by atoms with Crippen molar-refractivity contribution < 1.29 is 0 Å². The van der Waals surface area contributed by atoms with Gasteiger partial charge in [-0.25, -0.2) is 0 Å². The molecule has 98 valence electrons. The Morgan fingerprint density at radius 1 is 1.29 bits per heavy atom. The summed E-state index contributed by atoms with van der Waals surface area (Å²) in [5.41, 5.74) is 0.459. The molecule has 1 aliphatic carbocycles. The second kappa shape index (κ2) is 6.01. The number of nitrogens with zero attached hydrogens (tertiary/aromatic N) is 1. The van der Waals surface area contributed by atoms with Gasteiger partial charge in [0.2, 0.25) is 0 Å². The summed E-state index contributed by atoms with van der Waals surface area (Å²) >= 11 is 0. The van der Waals surface area contributed by atoms with E-state index in [0.717, 1.165) is 0 Å². The Kier molecular flexibility index (Phi) is 4.63. The van der Waals surface area contributed by atoms with Crippen LogP contribution in [0.4, 0.5) is 0 Å². The summed E-state index contributed by atoms with van der Waals surface area (Å²) in [5, 5.41) is 3.84. The molecule has 2 fully saturated rings. The molecule has 2 aliphatic rings. The van der Waals surface area contributed by atoms with E-state index >= 15 is 0 Å². The number of hydrogen-bond donors (Lipinski definition) is 1. The van der Waals surface area contributed by atoms with Crippen molar-refractivity contribution in [2.24, 2.45) is 0 Å². The largest absolute Gasteiger partial charge is 0.308 e. The molecule has 0 bridgehead atoms. The molecule has 0 aromatic carbocycles. The molecule has 0 amide bonds.